The number of hydrogen-bond donors (Lipinski definition) is 3. The molecule has 2 rings (SSSR count). The Balaban J connectivity index is 2.02. The van der Waals surface area contributed by atoms with Crippen LogP contribution in [0, 0.1) is 0 Å². The van der Waals surface area contributed by atoms with Crippen molar-refractivity contribution in [2.24, 2.45) is 5.73 Å². The first-order valence-electron chi connectivity index (χ1n) is 5.93. The van der Waals surface area contributed by atoms with E-state index in [9.17, 15) is 14.7 Å². The van der Waals surface area contributed by atoms with Crippen LogP contribution >= 0.6 is 0 Å². The normalized spacial score (nSPS) is 11.8. The van der Waals surface area contributed by atoms with Gasteiger partial charge < -0.3 is 16.2 Å². The molecule has 0 saturated carbocycles. The molecule has 1 aromatic carbocycles. The number of aromatic nitrogens is 2. The highest BCUT2D eigenvalue weighted by Crippen LogP contribution is 2.07. The molecular formula is C13H14N4O3. The Labute approximate surface area is 115 Å². The van der Waals surface area contributed by atoms with Gasteiger partial charge in [0.25, 0.3) is 5.91 Å². The van der Waals surface area contributed by atoms with Gasteiger partial charge in [-0.3, -0.25) is 9.59 Å². The number of primary amides is 1. The van der Waals surface area contributed by atoms with Gasteiger partial charge in [0.2, 0.25) is 5.91 Å². The maximum Gasteiger partial charge on any atom is 0.254 e. The Morgan fingerprint density at radius 3 is 2.70 bits per heavy atom. The van der Waals surface area contributed by atoms with E-state index in [-0.39, 0.29) is 6.54 Å². The van der Waals surface area contributed by atoms with Gasteiger partial charge in [-0.2, -0.15) is 5.10 Å². The third-order valence-electron chi connectivity index (χ3n) is 2.65. The first-order chi connectivity index (χ1) is 9.58. The van der Waals surface area contributed by atoms with Crippen molar-refractivity contribution >= 4 is 11.8 Å². The van der Waals surface area contributed by atoms with Crippen molar-refractivity contribution in [3.8, 4) is 5.69 Å². The van der Waals surface area contributed by atoms with Crippen molar-refractivity contribution in [3.05, 3.63) is 48.3 Å². The van der Waals surface area contributed by atoms with Crippen LogP contribution in [-0.2, 0) is 4.79 Å². The number of carbonyl (C=O) groups excluding carboxylic acids is 2. The second-order valence-electron chi connectivity index (χ2n) is 4.14. The summed E-state index contributed by atoms with van der Waals surface area (Å²) in [6.45, 7) is -0.231. The van der Waals surface area contributed by atoms with E-state index in [1.165, 1.54) is 6.20 Å². The number of nitrogens with zero attached hydrogens (tertiary/aromatic N) is 2. The lowest BCUT2D eigenvalue weighted by Crippen LogP contribution is -2.39. The largest absolute Gasteiger partial charge is 0.381 e. The molecule has 0 fully saturated rings. The summed E-state index contributed by atoms with van der Waals surface area (Å²) in [5.41, 5.74) is 6.03. The second-order valence-corrected chi connectivity index (χ2v) is 4.14. The van der Waals surface area contributed by atoms with Crippen LogP contribution in [0.5, 0.6) is 0 Å². The number of rotatable bonds is 5. The highest BCUT2D eigenvalue weighted by atomic mass is 16.3. The standard InChI is InChI=1S/C13H14N4O3/c14-12(19)11(18)7-15-13(20)9-6-16-17(8-9)10-4-2-1-3-5-10/h1-6,8,11,18H,7H2,(H2,14,19)(H,15,20). The number of carbonyl (C=O) groups is 2. The molecule has 2 aromatic rings. The summed E-state index contributed by atoms with van der Waals surface area (Å²) in [7, 11) is 0. The van der Waals surface area contributed by atoms with E-state index in [2.05, 4.69) is 10.4 Å². The topological polar surface area (TPSA) is 110 Å². The zero-order valence-corrected chi connectivity index (χ0v) is 10.6. The summed E-state index contributed by atoms with van der Waals surface area (Å²) < 4.78 is 1.55. The van der Waals surface area contributed by atoms with Crippen LogP contribution in [0.25, 0.3) is 5.69 Å². The first-order valence-corrected chi connectivity index (χ1v) is 5.93. The van der Waals surface area contributed by atoms with Crippen molar-refractivity contribution in [3.63, 3.8) is 0 Å². The average molecular weight is 274 g/mol. The van der Waals surface area contributed by atoms with Gasteiger partial charge >= 0.3 is 0 Å². The summed E-state index contributed by atoms with van der Waals surface area (Å²) in [4.78, 5) is 22.4. The first kappa shape index (κ1) is 13.8. The Morgan fingerprint density at radius 1 is 1.35 bits per heavy atom. The molecule has 0 aliphatic heterocycles. The van der Waals surface area contributed by atoms with Crippen LogP contribution in [-0.4, -0.2) is 39.4 Å². The lowest BCUT2D eigenvalue weighted by molar-refractivity contribution is -0.125. The molecule has 1 unspecified atom stereocenters. The number of benzene rings is 1. The predicted molar refractivity (Wildman–Crippen MR) is 71.1 cm³/mol. The zero-order chi connectivity index (χ0) is 14.5. The molecule has 2 amide bonds. The number of hydrogen-bond acceptors (Lipinski definition) is 4. The number of para-hydroxylation sites is 1. The minimum atomic E-state index is -1.40. The summed E-state index contributed by atoms with van der Waals surface area (Å²) >= 11 is 0. The molecule has 0 radical (unpaired) electrons. The molecule has 7 heteroatoms. The summed E-state index contributed by atoms with van der Waals surface area (Å²) in [6.07, 6.45) is 1.56. The Bertz CT molecular complexity index is 609. The Kier molecular flexibility index (Phi) is 4.11. The lowest BCUT2D eigenvalue weighted by atomic mass is 10.3. The molecule has 4 N–H and O–H groups in total. The highest BCUT2D eigenvalue weighted by molar-refractivity contribution is 5.94. The molecule has 1 heterocycles. The molecule has 20 heavy (non-hydrogen) atoms. The van der Waals surface area contributed by atoms with Crippen LogP contribution in [0.4, 0.5) is 0 Å². The quantitative estimate of drug-likeness (QED) is 0.679. The Morgan fingerprint density at radius 2 is 2.05 bits per heavy atom. The molecule has 104 valence electrons. The third-order valence-corrected chi connectivity index (χ3v) is 2.65. The maximum atomic E-state index is 11.8. The van der Waals surface area contributed by atoms with Gasteiger partial charge in [-0.15, -0.1) is 0 Å². The molecule has 0 saturated heterocycles. The monoisotopic (exact) mass is 274 g/mol. The summed E-state index contributed by atoms with van der Waals surface area (Å²) in [5, 5.41) is 15.7. The van der Waals surface area contributed by atoms with Gasteiger partial charge in [-0.05, 0) is 12.1 Å². The van der Waals surface area contributed by atoms with Gasteiger partial charge in [-0.1, -0.05) is 18.2 Å². The van der Waals surface area contributed by atoms with Gasteiger partial charge in [0, 0.05) is 6.20 Å². The molecule has 0 spiro atoms. The fourth-order valence-electron chi connectivity index (χ4n) is 1.55. The third kappa shape index (κ3) is 3.21. The van der Waals surface area contributed by atoms with Gasteiger partial charge in [0.15, 0.2) is 0 Å². The van der Waals surface area contributed by atoms with E-state index in [4.69, 9.17) is 5.73 Å². The van der Waals surface area contributed by atoms with Crippen molar-refractivity contribution in [2.45, 2.75) is 6.10 Å². The van der Waals surface area contributed by atoms with Crippen LogP contribution in [0.15, 0.2) is 42.7 Å². The van der Waals surface area contributed by atoms with E-state index in [1.807, 2.05) is 30.3 Å². The SMILES string of the molecule is NC(=O)C(O)CNC(=O)c1cnn(-c2ccccc2)c1. The number of nitrogens with two attached hydrogens (primary N) is 1. The number of nitrogens with one attached hydrogen (secondary N) is 1. The van der Waals surface area contributed by atoms with Crippen LogP contribution in [0.3, 0.4) is 0 Å². The molecule has 0 bridgehead atoms. The molecule has 1 aromatic heterocycles. The average Bonchev–Trinajstić information content (AvgIpc) is 2.95. The smallest absolute Gasteiger partial charge is 0.254 e. The van der Waals surface area contributed by atoms with E-state index >= 15 is 0 Å². The number of aliphatic hydroxyl groups excluding tert-OH is 1. The van der Waals surface area contributed by atoms with Crippen LogP contribution < -0.4 is 11.1 Å². The van der Waals surface area contributed by atoms with E-state index in [0.717, 1.165) is 5.69 Å². The molecular weight excluding hydrogens is 260 g/mol. The number of amides is 2. The minimum absolute atomic E-state index is 0.231. The molecule has 1 atom stereocenters. The van der Waals surface area contributed by atoms with Gasteiger partial charge in [0.1, 0.15) is 6.10 Å². The van der Waals surface area contributed by atoms with Crippen molar-refractivity contribution in [2.75, 3.05) is 6.54 Å². The van der Waals surface area contributed by atoms with Crippen molar-refractivity contribution in [1.82, 2.24) is 15.1 Å². The van der Waals surface area contributed by atoms with Crippen molar-refractivity contribution in [1.29, 1.82) is 0 Å². The summed E-state index contributed by atoms with van der Waals surface area (Å²) in [6, 6.07) is 9.31. The van der Waals surface area contributed by atoms with E-state index < -0.39 is 17.9 Å². The van der Waals surface area contributed by atoms with Gasteiger partial charge in [-0.25, -0.2) is 4.68 Å². The molecule has 0 aliphatic carbocycles. The summed E-state index contributed by atoms with van der Waals surface area (Å²) in [5.74, 6) is -1.32. The number of aliphatic hydroxyl groups is 1. The molecule has 0 aliphatic rings. The molecule has 7 nitrogen and oxygen atoms in total. The second kappa shape index (κ2) is 5.98. The van der Waals surface area contributed by atoms with E-state index in [1.54, 1.807) is 10.9 Å². The maximum absolute atomic E-state index is 11.8. The Hall–Kier alpha value is -2.67. The van der Waals surface area contributed by atoms with Crippen molar-refractivity contribution < 1.29 is 14.7 Å². The zero-order valence-electron chi connectivity index (χ0n) is 10.6. The minimum Gasteiger partial charge on any atom is -0.381 e. The van der Waals surface area contributed by atoms with Crippen LogP contribution in [0.2, 0.25) is 0 Å². The fraction of sp³-hybridized carbons (Fsp3) is 0.154. The van der Waals surface area contributed by atoms with Gasteiger partial charge in [0.05, 0.1) is 24.0 Å². The fourth-order valence-corrected chi connectivity index (χ4v) is 1.55. The van der Waals surface area contributed by atoms with E-state index in [0.29, 0.717) is 5.56 Å². The predicted octanol–water partition coefficient (Wildman–Crippen LogP) is -0.552. The highest BCUT2D eigenvalue weighted by Gasteiger charge is 2.14. The lowest BCUT2D eigenvalue weighted by Gasteiger charge is -2.07. The van der Waals surface area contributed by atoms with Crippen LogP contribution in [0.1, 0.15) is 10.4 Å².